The zero-order chi connectivity index (χ0) is 45.8. The summed E-state index contributed by atoms with van der Waals surface area (Å²) in [5.41, 5.74) is 4.82. The van der Waals surface area contributed by atoms with Gasteiger partial charge in [-0.3, -0.25) is 0 Å². The number of fused-ring (bicyclic) bond motifs is 9. The quantitative estimate of drug-likeness (QED) is 0.169. The maximum atomic E-state index is 9.78. The van der Waals surface area contributed by atoms with E-state index in [2.05, 4.69) is 0 Å². The number of hydrogen-bond donors (Lipinski definition) is 0. The fraction of sp³-hybridized carbons (Fsp3) is 0. The zero-order valence-electron chi connectivity index (χ0n) is 39.4. The molecule has 0 saturated heterocycles. The SMILES string of the molecule is [2H]c1c([2H])c(N(c2c([2H])c([2H])c(-c3ccc4c(c3)oc3ccccc34)c([2H])c2[2H])c2cccc3oc4c5ccccc5ccc4c23)c([2H])c([2H])c1-c1cccc(-c2cccc3ccccc23)c1. The molecule has 59 heavy (non-hydrogen) atoms. The van der Waals surface area contributed by atoms with Gasteiger partial charge in [0.05, 0.1) is 22.0 Å². The first-order chi connectivity index (χ1) is 32.6. The van der Waals surface area contributed by atoms with E-state index in [9.17, 15) is 11.0 Å². The molecule has 0 saturated carbocycles. The normalized spacial score (nSPS) is 13.6. The first-order valence-electron chi connectivity index (χ1n) is 23.4. The Hall–Kier alpha value is -7.88. The fourth-order valence-electron chi connectivity index (χ4n) is 8.40. The molecule has 0 aliphatic carbocycles. The van der Waals surface area contributed by atoms with Gasteiger partial charge in [0.2, 0.25) is 0 Å². The highest BCUT2D eigenvalue weighted by Crippen LogP contribution is 2.45. The highest BCUT2D eigenvalue weighted by atomic mass is 16.3. The monoisotopic (exact) mass is 761 g/mol. The summed E-state index contributed by atoms with van der Waals surface area (Å²) in [7, 11) is 0. The van der Waals surface area contributed by atoms with Gasteiger partial charge in [0, 0.05) is 32.9 Å². The second-order valence-electron chi connectivity index (χ2n) is 14.6. The standard InChI is InChI=1S/C56H35NO2/c1-3-15-45-38(10-1)12-8-18-46(45)42-14-7-13-40(34-42)36-22-28-43(29-23-36)57(51-19-9-21-53-55(51)50-33-26-39-11-2-4-16-47(39)56(50)59-53)44-30-24-37(25-31-44)41-27-32-49-48-17-5-6-20-52(48)58-54(49)35-41/h1-35H/i22D,23D,24D,25D,28D,29D,30D,31D. The van der Waals surface area contributed by atoms with Gasteiger partial charge < -0.3 is 13.7 Å². The predicted molar refractivity (Wildman–Crippen MR) is 247 cm³/mol. The lowest BCUT2D eigenvalue weighted by Gasteiger charge is -2.26. The minimum atomic E-state index is -0.445. The summed E-state index contributed by atoms with van der Waals surface area (Å²) in [6, 6.07) is 48.2. The van der Waals surface area contributed by atoms with Gasteiger partial charge in [-0.2, -0.15) is 0 Å². The lowest BCUT2D eigenvalue weighted by atomic mass is 9.95. The van der Waals surface area contributed by atoms with Gasteiger partial charge in [-0.15, -0.1) is 0 Å². The van der Waals surface area contributed by atoms with E-state index in [0.717, 1.165) is 43.4 Å². The summed E-state index contributed by atoms with van der Waals surface area (Å²) in [4.78, 5) is 1.36. The van der Waals surface area contributed by atoms with Crippen LogP contribution in [0.4, 0.5) is 17.1 Å². The molecular formula is C56H35NO2. The van der Waals surface area contributed by atoms with Crippen molar-refractivity contribution in [3.63, 3.8) is 0 Å². The van der Waals surface area contributed by atoms with Gasteiger partial charge in [0.1, 0.15) is 22.3 Å². The molecule has 12 aromatic rings. The zero-order valence-corrected chi connectivity index (χ0v) is 31.4. The smallest absolute Gasteiger partial charge is 0.143 e. The minimum absolute atomic E-state index is 0.0421. The molecule has 0 spiro atoms. The summed E-state index contributed by atoms with van der Waals surface area (Å²) in [6.07, 6.45) is 0. The van der Waals surface area contributed by atoms with Crippen LogP contribution in [0.15, 0.2) is 221 Å². The second kappa shape index (κ2) is 13.4. The lowest BCUT2D eigenvalue weighted by molar-refractivity contribution is 0.669. The van der Waals surface area contributed by atoms with E-state index in [4.69, 9.17) is 8.83 Å². The fourth-order valence-corrected chi connectivity index (χ4v) is 8.40. The van der Waals surface area contributed by atoms with Crippen molar-refractivity contribution in [1.82, 2.24) is 0 Å². The van der Waals surface area contributed by atoms with Crippen LogP contribution in [-0.2, 0) is 0 Å². The summed E-state index contributed by atoms with van der Waals surface area (Å²) < 4.78 is 90.1. The van der Waals surface area contributed by atoms with Crippen molar-refractivity contribution < 1.29 is 19.8 Å². The third kappa shape index (κ3) is 5.51. The van der Waals surface area contributed by atoms with Gasteiger partial charge in [0.25, 0.3) is 0 Å². The molecule has 3 heteroatoms. The first kappa shape index (κ1) is 26.1. The van der Waals surface area contributed by atoms with Crippen LogP contribution in [0.1, 0.15) is 11.0 Å². The van der Waals surface area contributed by atoms with Gasteiger partial charge in [0.15, 0.2) is 0 Å². The number of para-hydroxylation sites is 1. The van der Waals surface area contributed by atoms with Gasteiger partial charge >= 0.3 is 0 Å². The molecule has 0 fully saturated rings. The molecule has 0 aliphatic heterocycles. The molecule has 0 bridgehead atoms. The molecule has 0 aliphatic rings. The maximum Gasteiger partial charge on any atom is 0.143 e. The average molecular weight is 762 g/mol. The highest BCUT2D eigenvalue weighted by molar-refractivity contribution is 6.19. The van der Waals surface area contributed by atoms with E-state index < -0.39 is 24.2 Å². The van der Waals surface area contributed by atoms with Crippen molar-refractivity contribution in [2.75, 3.05) is 4.90 Å². The molecule has 2 heterocycles. The Kier molecular flexibility index (Phi) is 5.92. The largest absolute Gasteiger partial charge is 0.456 e. The van der Waals surface area contributed by atoms with Crippen molar-refractivity contribution in [3.8, 4) is 33.4 Å². The van der Waals surface area contributed by atoms with Gasteiger partial charge in [-0.05, 0) is 116 Å². The molecule has 0 unspecified atom stereocenters. The van der Waals surface area contributed by atoms with E-state index in [1.165, 1.54) is 4.90 Å². The summed E-state index contributed by atoms with van der Waals surface area (Å²) in [5.74, 6) is 0. The number of nitrogens with zero attached hydrogens (tertiary/aromatic N) is 1. The van der Waals surface area contributed by atoms with E-state index >= 15 is 0 Å². The van der Waals surface area contributed by atoms with Crippen LogP contribution >= 0.6 is 0 Å². The van der Waals surface area contributed by atoms with E-state index in [1.54, 1.807) is 36.4 Å². The van der Waals surface area contributed by atoms with Gasteiger partial charge in [-0.25, -0.2) is 0 Å². The summed E-state index contributed by atoms with van der Waals surface area (Å²) in [5, 5.41) is 6.85. The molecule has 0 radical (unpaired) electrons. The minimum Gasteiger partial charge on any atom is -0.456 e. The third-order valence-electron chi connectivity index (χ3n) is 11.2. The topological polar surface area (TPSA) is 29.5 Å². The molecule has 3 nitrogen and oxygen atoms in total. The Morgan fingerprint density at radius 2 is 0.932 bits per heavy atom. The lowest BCUT2D eigenvalue weighted by Crippen LogP contribution is -2.10. The Morgan fingerprint density at radius 1 is 0.356 bits per heavy atom. The van der Waals surface area contributed by atoms with Crippen molar-refractivity contribution in [2.45, 2.75) is 0 Å². The van der Waals surface area contributed by atoms with Crippen LogP contribution in [0, 0.1) is 0 Å². The molecular weight excluding hydrogens is 719 g/mol. The van der Waals surface area contributed by atoms with Crippen molar-refractivity contribution >= 4 is 82.5 Å². The number of benzene rings is 10. The van der Waals surface area contributed by atoms with Gasteiger partial charge in [-0.1, -0.05) is 145 Å². The summed E-state index contributed by atoms with van der Waals surface area (Å²) >= 11 is 0. The maximum absolute atomic E-state index is 9.78. The Bertz CT molecular complexity index is 4000. The van der Waals surface area contributed by atoms with Crippen LogP contribution in [0.2, 0.25) is 0 Å². The van der Waals surface area contributed by atoms with E-state index in [0.29, 0.717) is 44.2 Å². The molecule has 276 valence electrons. The number of hydrogen-bond acceptors (Lipinski definition) is 3. The second-order valence-corrected chi connectivity index (χ2v) is 14.6. The molecule has 12 rings (SSSR count). The van der Waals surface area contributed by atoms with Crippen LogP contribution in [-0.4, -0.2) is 0 Å². The van der Waals surface area contributed by atoms with Crippen molar-refractivity contribution in [2.24, 2.45) is 0 Å². The van der Waals surface area contributed by atoms with Crippen molar-refractivity contribution in [1.29, 1.82) is 0 Å². The Balaban J connectivity index is 1.11. The predicted octanol–water partition coefficient (Wildman–Crippen LogP) is 16.3. The molecule has 0 amide bonds. The highest BCUT2D eigenvalue weighted by Gasteiger charge is 2.21. The van der Waals surface area contributed by atoms with Crippen LogP contribution < -0.4 is 4.90 Å². The number of rotatable bonds is 6. The third-order valence-corrected chi connectivity index (χ3v) is 11.2. The van der Waals surface area contributed by atoms with Crippen LogP contribution in [0.5, 0.6) is 0 Å². The summed E-state index contributed by atoms with van der Waals surface area (Å²) in [6.45, 7) is 0. The Morgan fingerprint density at radius 3 is 1.73 bits per heavy atom. The average Bonchev–Trinajstić information content (AvgIpc) is 3.93. The molecule has 0 N–H and O–H groups in total. The van der Waals surface area contributed by atoms with Crippen LogP contribution in [0.3, 0.4) is 0 Å². The molecule has 10 aromatic carbocycles. The van der Waals surface area contributed by atoms with E-state index in [1.807, 2.05) is 127 Å². The number of furan rings is 2. The molecule has 0 atom stereocenters. The van der Waals surface area contributed by atoms with E-state index in [-0.39, 0.29) is 52.4 Å². The molecule has 2 aromatic heterocycles. The first-order valence-corrected chi connectivity index (χ1v) is 19.4. The number of anilines is 3. The van der Waals surface area contributed by atoms with Crippen molar-refractivity contribution in [3.05, 3.63) is 212 Å². The Labute approximate surface area is 351 Å². The van der Waals surface area contributed by atoms with Crippen LogP contribution in [0.25, 0.3) is 98.8 Å².